The molecule has 1 unspecified atom stereocenters. The van der Waals surface area contributed by atoms with Crippen LogP contribution in [-0.4, -0.2) is 24.3 Å². The minimum Gasteiger partial charge on any atom is -0.467 e. The highest BCUT2D eigenvalue weighted by molar-refractivity contribution is 5.77. The third kappa shape index (κ3) is 3.53. The van der Waals surface area contributed by atoms with Crippen LogP contribution in [0.1, 0.15) is 20.8 Å². The summed E-state index contributed by atoms with van der Waals surface area (Å²) in [6.45, 7) is 5.67. The van der Waals surface area contributed by atoms with Gasteiger partial charge in [0.1, 0.15) is 0 Å². The largest absolute Gasteiger partial charge is 0.467 e. The van der Waals surface area contributed by atoms with Crippen molar-refractivity contribution in [1.82, 2.24) is 0 Å². The molecule has 0 aliphatic carbocycles. The molecule has 0 spiro atoms. The topological polar surface area (TPSA) is 46.5 Å². The molecule has 0 aromatic heterocycles. The van der Waals surface area contributed by atoms with Crippen LogP contribution in [-0.2, 0) is 9.53 Å². The minimum atomic E-state index is -1.11. The highest BCUT2D eigenvalue weighted by Gasteiger charge is 2.16. The van der Waals surface area contributed by atoms with Crippen LogP contribution in [0, 0.1) is 5.92 Å². The van der Waals surface area contributed by atoms with Gasteiger partial charge in [-0.2, -0.15) is 0 Å². The second kappa shape index (κ2) is 4.93. The van der Waals surface area contributed by atoms with Crippen molar-refractivity contribution in [3.05, 3.63) is 11.6 Å². The molecule has 70 valence electrons. The Labute approximate surface area is 73.0 Å². The first kappa shape index (κ1) is 11.2. The number of allylic oxidation sites excluding steroid dienone is 1. The average molecular weight is 172 g/mol. The molecular formula is C9H16O3. The van der Waals surface area contributed by atoms with Crippen LogP contribution < -0.4 is 0 Å². The van der Waals surface area contributed by atoms with Gasteiger partial charge in [-0.3, -0.25) is 0 Å². The third-order valence-electron chi connectivity index (χ3n) is 1.45. The summed E-state index contributed by atoms with van der Waals surface area (Å²) in [6.07, 6.45) is 0.721. The molecule has 0 aliphatic heterocycles. The molecule has 12 heavy (non-hydrogen) atoms. The molecule has 0 bridgehead atoms. The molecule has 0 aliphatic rings. The van der Waals surface area contributed by atoms with Crippen molar-refractivity contribution in [1.29, 1.82) is 0 Å². The Hall–Kier alpha value is -0.830. The lowest BCUT2D eigenvalue weighted by Gasteiger charge is -2.09. The van der Waals surface area contributed by atoms with E-state index in [0.717, 1.165) is 0 Å². The molecule has 0 fully saturated rings. The van der Waals surface area contributed by atoms with Crippen LogP contribution in [0.15, 0.2) is 11.6 Å². The Bertz CT molecular complexity index is 182. The van der Waals surface area contributed by atoms with E-state index in [-0.39, 0.29) is 0 Å². The van der Waals surface area contributed by atoms with E-state index < -0.39 is 12.1 Å². The fourth-order valence-electron chi connectivity index (χ4n) is 0.914. The average Bonchev–Trinajstić information content (AvgIpc) is 2.00. The minimum absolute atomic E-state index is 0.323. The highest BCUT2D eigenvalue weighted by atomic mass is 16.5. The van der Waals surface area contributed by atoms with E-state index in [2.05, 4.69) is 4.74 Å². The molecule has 0 heterocycles. The van der Waals surface area contributed by atoms with Crippen LogP contribution in [0.2, 0.25) is 0 Å². The zero-order valence-electron chi connectivity index (χ0n) is 8.00. The third-order valence-corrected chi connectivity index (χ3v) is 1.45. The fraction of sp³-hybridized carbons (Fsp3) is 0.667. The number of aliphatic hydroxyl groups excluding tert-OH is 1. The van der Waals surface area contributed by atoms with Gasteiger partial charge in [0.05, 0.1) is 7.11 Å². The number of carbonyl (C=O) groups is 1. The molecule has 0 amide bonds. The number of aliphatic hydroxyl groups is 1. The first-order chi connectivity index (χ1) is 5.49. The molecule has 0 aromatic carbocycles. The molecule has 0 saturated heterocycles. The molecule has 0 aromatic rings. The summed E-state index contributed by atoms with van der Waals surface area (Å²) < 4.78 is 4.38. The number of esters is 1. The van der Waals surface area contributed by atoms with E-state index in [1.165, 1.54) is 7.11 Å². The highest BCUT2D eigenvalue weighted by Crippen LogP contribution is 2.07. The monoisotopic (exact) mass is 172 g/mol. The number of hydrogen-bond acceptors (Lipinski definition) is 3. The Morgan fingerprint density at radius 2 is 2.00 bits per heavy atom. The lowest BCUT2D eigenvalue weighted by Crippen LogP contribution is -2.23. The molecule has 1 atom stereocenters. The van der Waals surface area contributed by atoms with Crippen molar-refractivity contribution < 1.29 is 14.6 Å². The van der Waals surface area contributed by atoms with Gasteiger partial charge in [-0.15, -0.1) is 0 Å². The summed E-state index contributed by atoms with van der Waals surface area (Å²) in [7, 11) is 1.26. The predicted octanol–water partition coefficient (Wildman–Crippen LogP) is 1.12. The van der Waals surface area contributed by atoms with Crippen molar-refractivity contribution >= 4 is 5.97 Å². The van der Waals surface area contributed by atoms with E-state index >= 15 is 0 Å². The molecule has 0 radical (unpaired) electrons. The number of methoxy groups -OCH3 is 1. The van der Waals surface area contributed by atoms with Gasteiger partial charge in [0.15, 0.2) is 6.10 Å². The molecule has 1 N–H and O–H groups in total. The number of ether oxygens (including phenoxy) is 1. The van der Waals surface area contributed by atoms with Crippen molar-refractivity contribution in [2.75, 3.05) is 7.11 Å². The van der Waals surface area contributed by atoms with Gasteiger partial charge < -0.3 is 9.84 Å². The second-order valence-corrected chi connectivity index (χ2v) is 3.08. The number of rotatable bonds is 3. The zero-order chi connectivity index (χ0) is 9.72. The summed E-state index contributed by atoms with van der Waals surface area (Å²) in [6, 6.07) is 0. The van der Waals surface area contributed by atoms with E-state index in [1.54, 1.807) is 6.92 Å². The van der Waals surface area contributed by atoms with Gasteiger partial charge in [0.25, 0.3) is 0 Å². The van der Waals surface area contributed by atoms with Gasteiger partial charge in [-0.25, -0.2) is 4.79 Å². The van der Waals surface area contributed by atoms with Crippen molar-refractivity contribution in [3.63, 3.8) is 0 Å². The summed E-state index contributed by atoms with van der Waals surface area (Å²) in [5.74, 6) is -0.284. The molecular weight excluding hydrogens is 156 g/mol. The second-order valence-electron chi connectivity index (χ2n) is 3.08. The van der Waals surface area contributed by atoms with Gasteiger partial charge >= 0.3 is 5.97 Å². The van der Waals surface area contributed by atoms with Crippen LogP contribution in [0.4, 0.5) is 0 Å². The lowest BCUT2D eigenvalue weighted by molar-refractivity contribution is -0.148. The SMILES string of the molecule is COC(=O)C(O)C(C)=CC(C)C. The Balaban J connectivity index is 4.28. The van der Waals surface area contributed by atoms with Crippen LogP contribution >= 0.6 is 0 Å². The molecule has 3 heteroatoms. The normalized spacial score (nSPS) is 14.7. The Morgan fingerprint density at radius 1 is 1.50 bits per heavy atom. The summed E-state index contributed by atoms with van der Waals surface area (Å²) in [5.41, 5.74) is 0.636. The number of hydrogen-bond donors (Lipinski definition) is 1. The van der Waals surface area contributed by atoms with Crippen LogP contribution in [0.3, 0.4) is 0 Å². The number of carbonyl (C=O) groups excluding carboxylic acids is 1. The Kier molecular flexibility index (Phi) is 4.59. The Morgan fingerprint density at radius 3 is 2.33 bits per heavy atom. The predicted molar refractivity (Wildman–Crippen MR) is 46.6 cm³/mol. The summed E-state index contributed by atoms with van der Waals surface area (Å²) in [5, 5.41) is 9.29. The zero-order valence-corrected chi connectivity index (χ0v) is 8.00. The summed E-state index contributed by atoms with van der Waals surface area (Å²) in [4.78, 5) is 10.8. The standard InChI is InChI=1S/C9H16O3/c1-6(2)5-7(3)8(10)9(11)12-4/h5-6,8,10H,1-4H3. The van der Waals surface area contributed by atoms with E-state index in [0.29, 0.717) is 11.5 Å². The maximum atomic E-state index is 10.8. The van der Waals surface area contributed by atoms with Crippen LogP contribution in [0.25, 0.3) is 0 Å². The first-order valence-electron chi connectivity index (χ1n) is 3.93. The fourth-order valence-corrected chi connectivity index (χ4v) is 0.914. The van der Waals surface area contributed by atoms with Crippen molar-refractivity contribution in [2.45, 2.75) is 26.9 Å². The van der Waals surface area contributed by atoms with E-state index in [1.807, 2.05) is 19.9 Å². The van der Waals surface area contributed by atoms with Crippen LogP contribution in [0.5, 0.6) is 0 Å². The lowest BCUT2D eigenvalue weighted by atomic mass is 10.1. The summed E-state index contributed by atoms with van der Waals surface area (Å²) >= 11 is 0. The first-order valence-corrected chi connectivity index (χ1v) is 3.93. The van der Waals surface area contributed by atoms with Gasteiger partial charge in [0.2, 0.25) is 0 Å². The van der Waals surface area contributed by atoms with Crippen molar-refractivity contribution in [2.24, 2.45) is 5.92 Å². The molecule has 3 nitrogen and oxygen atoms in total. The maximum absolute atomic E-state index is 10.8. The molecule has 0 rings (SSSR count). The molecule has 0 saturated carbocycles. The van der Waals surface area contributed by atoms with E-state index in [9.17, 15) is 9.90 Å². The van der Waals surface area contributed by atoms with Gasteiger partial charge in [0, 0.05) is 0 Å². The van der Waals surface area contributed by atoms with E-state index in [4.69, 9.17) is 0 Å². The smallest absolute Gasteiger partial charge is 0.339 e. The van der Waals surface area contributed by atoms with Crippen molar-refractivity contribution in [3.8, 4) is 0 Å². The maximum Gasteiger partial charge on any atom is 0.339 e. The van der Waals surface area contributed by atoms with Gasteiger partial charge in [-0.1, -0.05) is 19.9 Å². The van der Waals surface area contributed by atoms with Gasteiger partial charge in [-0.05, 0) is 18.4 Å². The quantitative estimate of drug-likeness (QED) is 0.512.